The number of aliphatic hydroxyl groups is 1. The first kappa shape index (κ1) is 22.3. The zero-order chi connectivity index (χ0) is 22.9. The summed E-state index contributed by atoms with van der Waals surface area (Å²) < 4.78 is 21.3. The molecule has 0 bridgehead atoms. The molecular formula is C23H30FN5O3. The molecule has 9 heteroatoms. The summed E-state index contributed by atoms with van der Waals surface area (Å²) >= 11 is 0. The first-order valence-electron chi connectivity index (χ1n) is 11.0. The lowest BCUT2D eigenvalue weighted by molar-refractivity contribution is -0.119. The summed E-state index contributed by atoms with van der Waals surface area (Å²) in [5.74, 6) is 0.716. The molecule has 1 amide bonds. The molecule has 2 aliphatic rings. The molecule has 3 atom stereocenters. The number of anilines is 2. The Morgan fingerprint density at radius 2 is 1.94 bits per heavy atom. The van der Waals surface area contributed by atoms with Crippen molar-refractivity contribution in [2.45, 2.75) is 51.4 Å². The van der Waals surface area contributed by atoms with Gasteiger partial charge >= 0.3 is 0 Å². The molecule has 4 rings (SSSR count). The van der Waals surface area contributed by atoms with Gasteiger partial charge in [0.15, 0.2) is 11.6 Å². The topological polar surface area (TPSA) is 90.8 Å². The smallest absolute Gasteiger partial charge is 0.217 e. The van der Waals surface area contributed by atoms with Gasteiger partial charge in [0.05, 0.1) is 18.2 Å². The number of amides is 1. The van der Waals surface area contributed by atoms with E-state index in [0.717, 1.165) is 17.7 Å². The molecule has 0 aliphatic carbocycles. The number of carbonyl (C=O) groups excluding carboxylic acids is 1. The summed E-state index contributed by atoms with van der Waals surface area (Å²) in [6.07, 6.45) is 2.62. The zero-order valence-corrected chi connectivity index (χ0v) is 18.7. The van der Waals surface area contributed by atoms with E-state index in [1.165, 1.54) is 13.3 Å². The Morgan fingerprint density at radius 1 is 1.25 bits per heavy atom. The Balaban J connectivity index is 1.39. The molecule has 2 aliphatic heterocycles. The van der Waals surface area contributed by atoms with Crippen molar-refractivity contribution in [2.75, 3.05) is 36.0 Å². The van der Waals surface area contributed by atoms with Crippen molar-refractivity contribution in [3.05, 3.63) is 42.0 Å². The monoisotopic (exact) mass is 443 g/mol. The van der Waals surface area contributed by atoms with Crippen LogP contribution in [0.25, 0.3) is 0 Å². The Labute approximate surface area is 187 Å². The summed E-state index contributed by atoms with van der Waals surface area (Å²) in [4.78, 5) is 23.2. The molecule has 0 saturated carbocycles. The van der Waals surface area contributed by atoms with E-state index in [1.807, 2.05) is 36.1 Å². The molecule has 2 saturated heterocycles. The molecule has 0 spiro atoms. The predicted molar refractivity (Wildman–Crippen MR) is 119 cm³/mol. The van der Waals surface area contributed by atoms with Gasteiger partial charge in [-0.3, -0.25) is 4.79 Å². The molecule has 32 heavy (non-hydrogen) atoms. The summed E-state index contributed by atoms with van der Waals surface area (Å²) in [7, 11) is 0. The highest BCUT2D eigenvalue weighted by Gasteiger charge is 2.35. The predicted octanol–water partition coefficient (Wildman–Crippen LogP) is 2.43. The number of nitrogens with zero attached hydrogens (tertiary/aromatic N) is 4. The first-order valence-corrected chi connectivity index (χ1v) is 11.0. The molecule has 2 aromatic rings. The second kappa shape index (κ2) is 8.90. The fourth-order valence-corrected chi connectivity index (χ4v) is 4.35. The van der Waals surface area contributed by atoms with E-state index < -0.39 is 11.4 Å². The first-order chi connectivity index (χ1) is 15.2. The average Bonchev–Trinajstić information content (AvgIpc) is 3.34. The number of nitrogens with one attached hydrogen (secondary N) is 1. The van der Waals surface area contributed by atoms with E-state index >= 15 is 4.39 Å². The van der Waals surface area contributed by atoms with Gasteiger partial charge in [-0.2, -0.15) is 4.39 Å². The van der Waals surface area contributed by atoms with E-state index in [9.17, 15) is 9.90 Å². The maximum Gasteiger partial charge on any atom is 0.217 e. The third-order valence-corrected chi connectivity index (χ3v) is 6.05. The number of hydrogen-bond acceptors (Lipinski definition) is 7. The van der Waals surface area contributed by atoms with Crippen LogP contribution in [0.5, 0.6) is 5.75 Å². The number of aromatic nitrogens is 2. The summed E-state index contributed by atoms with van der Waals surface area (Å²) in [6, 6.07) is 7.57. The van der Waals surface area contributed by atoms with Gasteiger partial charge in [0.25, 0.3) is 0 Å². The molecule has 1 aromatic heterocycles. The third kappa shape index (κ3) is 4.93. The lowest BCUT2D eigenvalue weighted by Crippen LogP contribution is -2.31. The number of ether oxygens (including phenoxy) is 1. The maximum atomic E-state index is 15.2. The minimum atomic E-state index is -0.834. The van der Waals surface area contributed by atoms with E-state index in [4.69, 9.17) is 4.74 Å². The molecule has 2 fully saturated rings. The van der Waals surface area contributed by atoms with Crippen LogP contribution in [0.3, 0.4) is 0 Å². The van der Waals surface area contributed by atoms with Crippen molar-refractivity contribution in [1.29, 1.82) is 0 Å². The van der Waals surface area contributed by atoms with Crippen LogP contribution in [-0.2, 0) is 4.79 Å². The lowest BCUT2D eigenvalue weighted by atomic mass is 10.1. The van der Waals surface area contributed by atoms with Gasteiger partial charge in [-0.1, -0.05) is 12.1 Å². The quantitative estimate of drug-likeness (QED) is 0.709. The van der Waals surface area contributed by atoms with Gasteiger partial charge in [-0.25, -0.2) is 9.97 Å². The largest absolute Gasteiger partial charge is 0.489 e. The molecule has 0 radical (unpaired) electrons. The molecule has 0 unspecified atom stereocenters. The molecule has 172 valence electrons. The molecule has 1 aromatic carbocycles. The van der Waals surface area contributed by atoms with E-state index in [1.54, 1.807) is 11.8 Å². The fraction of sp³-hybridized carbons (Fsp3) is 0.522. The van der Waals surface area contributed by atoms with E-state index in [0.29, 0.717) is 32.6 Å². The van der Waals surface area contributed by atoms with Crippen molar-refractivity contribution >= 4 is 17.5 Å². The number of hydrogen-bond donors (Lipinski definition) is 2. The van der Waals surface area contributed by atoms with Crippen LogP contribution in [0.1, 0.15) is 45.2 Å². The molecule has 3 heterocycles. The van der Waals surface area contributed by atoms with Gasteiger partial charge in [0.2, 0.25) is 11.7 Å². The van der Waals surface area contributed by atoms with Crippen LogP contribution >= 0.6 is 0 Å². The minimum Gasteiger partial charge on any atom is -0.489 e. The second-order valence-electron chi connectivity index (χ2n) is 8.97. The van der Waals surface area contributed by atoms with Crippen LogP contribution in [-0.4, -0.2) is 58.9 Å². The van der Waals surface area contributed by atoms with Crippen molar-refractivity contribution in [2.24, 2.45) is 0 Å². The number of rotatable bonds is 6. The molecular weight excluding hydrogens is 413 g/mol. The second-order valence-corrected chi connectivity index (χ2v) is 8.97. The van der Waals surface area contributed by atoms with Crippen molar-refractivity contribution in [3.8, 4) is 5.75 Å². The van der Waals surface area contributed by atoms with Crippen LogP contribution in [0.2, 0.25) is 0 Å². The van der Waals surface area contributed by atoms with E-state index in [2.05, 4.69) is 15.3 Å². The SMILES string of the molecule is CC(=O)N[C@@H](C)c1ccc(O[C@@H]2CCN(c3ncnc(N4CC[C@](C)(O)C4)c3F)C2)cc1. The zero-order valence-electron chi connectivity index (χ0n) is 18.7. The van der Waals surface area contributed by atoms with Crippen molar-refractivity contribution in [1.82, 2.24) is 15.3 Å². The maximum absolute atomic E-state index is 15.2. The number of β-amino-alcohol motifs (C(OH)–C–C–N with tert-alkyl or cyclic N) is 1. The fourth-order valence-electron chi connectivity index (χ4n) is 4.35. The van der Waals surface area contributed by atoms with Crippen LogP contribution in [0, 0.1) is 5.82 Å². The number of halogens is 1. The van der Waals surface area contributed by atoms with Crippen LogP contribution < -0.4 is 19.9 Å². The Morgan fingerprint density at radius 3 is 2.56 bits per heavy atom. The highest BCUT2D eigenvalue weighted by Crippen LogP contribution is 2.32. The standard InChI is InChI=1S/C23H30FN5O3/c1-15(27-16(2)30)17-4-6-18(7-5-17)32-19-8-10-28(12-19)21-20(24)22(26-14-25-21)29-11-9-23(3,31)13-29/h4-7,14-15,19,31H,8-13H2,1-3H3,(H,27,30)/t15-,19+,23-/m0/s1. The minimum absolute atomic E-state index is 0.0703. The van der Waals surface area contributed by atoms with Crippen LogP contribution in [0.15, 0.2) is 30.6 Å². The average molecular weight is 444 g/mol. The van der Waals surface area contributed by atoms with Gasteiger partial charge in [0, 0.05) is 33.0 Å². The summed E-state index contributed by atoms with van der Waals surface area (Å²) in [5.41, 5.74) is 0.164. The van der Waals surface area contributed by atoms with Crippen molar-refractivity contribution in [3.63, 3.8) is 0 Å². The highest BCUT2D eigenvalue weighted by atomic mass is 19.1. The normalized spacial score (nSPS) is 24.0. The molecule has 8 nitrogen and oxygen atoms in total. The summed E-state index contributed by atoms with van der Waals surface area (Å²) in [5, 5.41) is 13.1. The Hall–Kier alpha value is -2.94. The molecule has 2 N–H and O–H groups in total. The van der Waals surface area contributed by atoms with E-state index in [-0.39, 0.29) is 29.7 Å². The lowest BCUT2D eigenvalue weighted by Gasteiger charge is -2.23. The third-order valence-electron chi connectivity index (χ3n) is 6.05. The van der Waals surface area contributed by atoms with Gasteiger partial charge in [0.1, 0.15) is 18.2 Å². The Kier molecular flexibility index (Phi) is 6.19. The van der Waals surface area contributed by atoms with Gasteiger partial charge in [-0.15, -0.1) is 0 Å². The van der Waals surface area contributed by atoms with Gasteiger partial charge in [-0.05, 0) is 38.0 Å². The summed E-state index contributed by atoms with van der Waals surface area (Å²) in [6.45, 7) is 7.24. The Bertz CT molecular complexity index is 969. The number of carbonyl (C=O) groups is 1. The van der Waals surface area contributed by atoms with Crippen LogP contribution in [0.4, 0.5) is 16.0 Å². The van der Waals surface area contributed by atoms with Gasteiger partial charge < -0.3 is 25.0 Å². The van der Waals surface area contributed by atoms with Crippen molar-refractivity contribution < 1.29 is 19.0 Å². The number of benzene rings is 1. The highest BCUT2D eigenvalue weighted by molar-refractivity contribution is 5.73.